The number of methoxy groups -OCH3 is 1. The highest BCUT2D eigenvalue weighted by molar-refractivity contribution is 6.09. The summed E-state index contributed by atoms with van der Waals surface area (Å²) in [4.78, 5) is 35.8. The van der Waals surface area contributed by atoms with Gasteiger partial charge in [0.1, 0.15) is 22.7 Å². The lowest BCUT2D eigenvalue weighted by Gasteiger charge is -2.08. The SMILES string of the molecule is COc1ccc(-c2oc3c(c(C)cc4oc(=O)cc(C)c43)c2CC(=O)NCCNC(C)=O)cc1. The van der Waals surface area contributed by atoms with Crippen LogP contribution in [-0.2, 0) is 16.0 Å². The first kappa shape index (κ1) is 23.1. The third-order valence-electron chi connectivity index (χ3n) is 5.67. The average Bonchev–Trinajstić information content (AvgIpc) is 3.15. The van der Waals surface area contributed by atoms with Gasteiger partial charge in [-0.2, -0.15) is 0 Å². The zero-order valence-electron chi connectivity index (χ0n) is 19.5. The molecule has 2 amide bonds. The van der Waals surface area contributed by atoms with Crippen LogP contribution in [0.15, 0.2) is 50.0 Å². The molecule has 0 aliphatic heterocycles. The van der Waals surface area contributed by atoms with Crippen molar-refractivity contribution in [3.05, 3.63) is 63.5 Å². The number of amides is 2. The molecule has 8 nitrogen and oxygen atoms in total. The number of furan rings is 1. The number of carbonyl (C=O) groups is 2. The fourth-order valence-corrected chi connectivity index (χ4v) is 4.16. The van der Waals surface area contributed by atoms with Gasteiger partial charge in [-0.3, -0.25) is 9.59 Å². The molecule has 0 bridgehead atoms. The molecule has 0 atom stereocenters. The lowest BCUT2D eigenvalue weighted by atomic mass is 9.97. The molecule has 0 radical (unpaired) electrons. The van der Waals surface area contributed by atoms with Crippen molar-refractivity contribution in [3.8, 4) is 17.1 Å². The molecule has 4 rings (SSSR count). The Morgan fingerprint density at radius 2 is 1.62 bits per heavy atom. The zero-order valence-corrected chi connectivity index (χ0v) is 19.5. The third-order valence-corrected chi connectivity index (χ3v) is 5.67. The normalized spacial score (nSPS) is 11.1. The van der Waals surface area contributed by atoms with Gasteiger partial charge in [-0.1, -0.05) is 0 Å². The molecule has 0 saturated heterocycles. The summed E-state index contributed by atoms with van der Waals surface area (Å²) in [5, 5.41) is 7.01. The zero-order chi connectivity index (χ0) is 24.4. The highest BCUT2D eigenvalue weighted by Gasteiger charge is 2.23. The van der Waals surface area contributed by atoms with E-state index in [2.05, 4.69) is 10.6 Å². The van der Waals surface area contributed by atoms with Crippen LogP contribution in [0.5, 0.6) is 5.75 Å². The first-order chi connectivity index (χ1) is 16.3. The van der Waals surface area contributed by atoms with Crippen molar-refractivity contribution in [1.29, 1.82) is 0 Å². The molecule has 0 spiro atoms. The van der Waals surface area contributed by atoms with E-state index < -0.39 is 5.63 Å². The lowest BCUT2D eigenvalue weighted by Crippen LogP contribution is -2.34. The second kappa shape index (κ2) is 9.43. The van der Waals surface area contributed by atoms with Crippen LogP contribution in [-0.4, -0.2) is 32.0 Å². The average molecular weight is 463 g/mol. The van der Waals surface area contributed by atoms with Crippen molar-refractivity contribution >= 4 is 33.8 Å². The fourth-order valence-electron chi connectivity index (χ4n) is 4.16. The second-order valence-electron chi connectivity index (χ2n) is 8.17. The van der Waals surface area contributed by atoms with Gasteiger partial charge < -0.3 is 24.2 Å². The highest BCUT2D eigenvalue weighted by Crippen LogP contribution is 2.40. The van der Waals surface area contributed by atoms with E-state index in [0.29, 0.717) is 41.2 Å². The van der Waals surface area contributed by atoms with Crippen LogP contribution in [0.2, 0.25) is 0 Å². The van der Waals surface area contributed by atoms with Crippen molar-refractivity contribution in [2.24, 2.45) is 0 Å². The molecule has 4 aromatic rings. The van der Waals surface area contributed by atoms with E-state index in [1.54, 1.807) is 13.2 Å². The minimum Gasteiger partial charge on any atom is -0.497 e. The Morgan fingerprint density at radius 1 is 0.941 bits per heavy atom. The molecule has 2 aromatic heterocycles. The molecule has 2 heterocycles. The molecule has 2 aromatic carbocycles. The summed E-state index contributed by atoms with van der Waals surface area (Å²) in [5.74, 6) is 0.923. The van der Waals surface area contributed by atoms with Gasteiger partial charge in [-0.15, -0.1) is 0 Å². The molecule has 0 aliphatic rings. The van der Waals surface area contributed by atoms with Gasteiger partial charge in [0, 0.05) is 42.6 Å². The number of ether oxygens (including phenoxy) is 1. The van der Waals surface area contributed by atoms with Gasteiger partial charge in [0.05, 0.1) is 18.9 Å². The fraction of sp³-hybridized carbons (Fsp3) is 0.269. The maximum atomic E-state index is 12.8. The van der Waals surface area contributed by atoms with Crippen LogP contribution in [0.3, 0.4) is 0 Å². The van der Waals surface area contributed by atoms with Gasteiger partial charge in [0.2, 0.25) is 11.8 Å². The number of carbonyl (C=O) groups excluding carboxylic acids is 2. The second-order valence-corrected chi connectivity index (χ2v) is 8.17. The minimum absolute atomic E-state index is 0.0800. The van der Waals surface area contributed by atoms with Crippen LogP contribution in [0.1, 0.15) is 23.6 Å². The van der Waals surface area contributed by atoms with Crippen LogP contribution in [0, 0.1) is 13.8 Å². The van der Waals surface area contributed by atoms with E-state index in [9.17, 15) is 14.4 Å². The molecule has 34 heavy (non-hydrogen) atoms. The van der Waals surface area contributed by atoms with Gasteiger partial charge in [0.15, 0.2) is 0 Å². The number of hydrogen-bond donors (Lipinski definition) is 2. The summed E-state index contributed by atoms with van der Waals surface area (Å²) in [6.45, 7) is 5.82. The van der Waals surface area contributed by atoms with Crippen LogP contribution in [0.25, 0.3) is 33.3 Å². The minimum atomic E-state index is -0.426. The number of fused-ring (bicyclic) bond motifs is 3. The van der Waals surface area contributed by atoms with Crippen molar-refractivity contribution in [1.82, 2.24) is 10.6 Å². The summed E-state index contributed by atoms with van der Waals surface area (Å²) in [7, 11) is 1.60. The monoisotopic (exact) mass is 462 g/mol. The molecular weight excluding hydrogens is 436 g/mol. The molecule has 0 unspecified atom stereocenters. The van der Waals surface area contributed by atoms with Crippen molar-refractivity contribution in [3.63, 3.8) is 0 Å². The van der Waals surface area contributed by atoms with Crippen LogP contribution < -0.4 is 21.0 Å². The summed E-state index contributed by atoms with van der Waals surface area (Å²) < 4.78 is 17.1. The molecular formula is C26H26N2O6. The summed E-state index contributed by atoms with van der Waals surface area (Å²) in [5.41, 5.74) is 3.69. The third kappa shape index (κ3) is 4.52. The van der Waals surface area contributed by atoms with Crippen molar-refractivity contribution in [2.75, 3.05) is 20.2 Å². The van der Waals surface area contributed by atoms with Crippen LogP contribution >= 0.6 is 0 Å². The van der Waals surface area contributed by atoms with E-state index >= 15 is 0 Å². The quantitative estimate of drug-likeness (QED) is 0.321. The maximum Gasteiger partial charge on any atom is 0.336 e. The first-order valence-corrected chi connectivity index (χ1v) is 10.9. The van der Waals surface area contributed by atoms with Crippen molar-refractivity contribution in [2.45, 2.75) is 27.2 Å². The molecule has 176 valence electrons. The van der Waals surface area contributed by atoms with Crippen LogP contribution in [0.4, 0.5) is 0 Å². The van der Waals surface area contributed by atoms with Gasteiger partial charge in [-0.05, 0) is 55.3 Å². The molecule has 0 aliphatic carbocycles. The number of nitrogens with one attached hydrogen (secondary N) is 2. The number of benzene rings is 2. The molecule has 8 heteroatoms. The Balaban J connectivity index is 1.85. The standard InChI is InChI=1S/C26H26N2O6/c1-14-11-20-24(15(2)12-22(31)33-20)26-23(14)19(13-21(30)28-10-9-27-16(3)29)25(34-26)17-5-7-18(32-4)8-6-17/h5-8,11-12H,9-10,13H2,1-4H3,(H,27,29)(H,28,30). The Kier molecular flexibility index (Phi) is 6.40. The van der Waals surface area contributed by atoms with E-state index in [4.69, 9.17) is 13.6 Å². The summed E-state index contributed by atoms with van der Waals surface area (Å²) in [6.07, 6.45) is 0.0800. The largest absolute Gasteiger partial charge is 0.497 e. The van der Waals surface area contributed by atoms with Gasteiger partial charge >= 0.3 is 5.63 Å². The molecule has 0 fully saturated rings. The predicted octanol–water partition coefficient (Wildman–Crippen LogP) is 3.63. The smallest absolute Gasteiger partial charge is 0.336 e. The first-order valence-electron chi connectivity index (χ1n) is 10.9. The van der Waals surface area contributed by atoms with E-state index in [-0.39, 0.29) is 18.2 Å². The Labute approximate surface area is 195 Å². The molecule has 2 N–H and O–H groups in total. The Morgan fingerprint density at radius 3 is 2.29 bits per heavy atom. The van der Waals surface area contributed by atoms with Gasteiger partial charge in [0.25, 0.3) is 0 Å². The summed E-state index contributed by atoms with van der Waals surface area (Å²) >= 11 is 0. The van der Waals surface area contributed by atoms with E-state index in [1.807, 2.05) is 38.1 Å². The number of aryl methyl sites for hydroxylation is 2. The molecule has 0 saturated carbocycles. The predicted molar refractivity (Wildman–Crippen MR) is 129 cm³/mol. The van der Waals surface area contributed by atoms with E-state index in [1.165, 1.54) is 13.0 Å². The number of rotatable bonds is 7. The van der Waals surface area contributed by atoms with Gasteiger partial charge in [-0.25, -0.2) is 4.79 Å². The Hall–Kier alpha value is -4.07. The van der Waals surface area contributed by atoms with Crippen molar-refractivity contribution < 1.29 is 23.2 Å². The maximum absolute atomic E-state index is 12.8. The lowest BCUT2D eigenvalue weighted by molar-refractivity contribution is -0.121. The van der Waals surface area contributed by atoms with E-state index in [0.717, 1.165) is 27.6 Å². The highest BCUT2D eigenvalue weighted by atomic mass is 16.5. The topological polar surface area (TPSA) is 111 Å². The number of hydrogen-bond acceptors (Lipinski definition) is 6. The summed E-state index contributed by atoms with van der Waals surface area (Å²) in [6, 6.07) is 10.6. The Bertz CT molecular complexity index is 1450.